The van der Waals surface area contributed by atoms with Gasteiger partial charge in [-0.3, -0.25) is 0 Å². The summed E-state index contributed by atoms with van der Waals surface area (Å²) in [5.74, 6) is -0.101. The Balaban J connectivity index is 4.54. The summed E-state index contributed by atoms with van der Waals surface area (Å²) in [6.07, 6.45) is 0. The lowest BCUT2D eigenvalue weighted by molar-refractivity contribution is -0.138. The monoisotopic (exact) mass is 210 g/mol. The molecule has 0 bridgehead atoms. The number of hydrogen-bond donors (Lipinski definition) is 1. The smallest absolute Gasteiger partial charge is 0.350 e. The van der Waals surface area contributed by atoms with Gasteiger partial charge >= 0.3 is 5.97 Å². The summed E-state index contributed by atoms with van der Waals surface area (Å²) < 4.78 is 4.76. The minimum atomic E-state index is -0.561. The average molecular weight is 210 g/mol. The third-order valence-electron chi connectivity index (χ3n) is 1.74. The Kier molecular flexibility index (Phi) is 6.19. The second-order valence-electron chi connectivity index (χ2n) is 3.61. The highest BCUT2D eigenvalue weighted by molar-refractivity contribution is 5.93. The normalized spacial score (nSPS) is 11.7. The highest BCUT2D eigenvalue weighted by atomic mass is 16.5. The van der Waals surface area contributed by atoms with Gasteiger partial charge in [0.15, 0.2) is 5.57 Å². The predicted molar refractivity (Wildman–Crippen MR) is 57.8 cm³/mol. The molecule has 0 fully saturated rings. The summed E-state index contributed by atoms with van der Waals surface area (Å²) in [5.41, 5.74) is 0.627. The van der Waals surface area contributed by atoms with Gasteiger partial charge in [0.1, 0.15) is 6.07 Å². The lowest BCUT2D eigenvalue weighted by Gasteiger charge is -2.10. The molecule has 0 aliphatic carbocycles. The van der Waals surface area contributed by atoms with Gasteiger partial charge in [-0.25, -0.2) is 4.79 Å². The summed E-state index contributed by atoms with van der Waals surface area (Å²) in [6, 6.07) is 1.85. The zero-order valence-corrected chi connectivity index (χ0v) is 9.76. The molecule has 0 spiro atoms. The number of hydrogen-bond acceptors (Lipinski definition) is 4. The number of allylic oxidation sites excluding steroid dienone is 1. The van der Waals surface area contributed by atoms with Crippen LogP contribution in [-0.4, -0.2) is 19.1 Å². The molecule has 1 N–H and O–H groups in total. The fraction of sp³-hybridized carbons (Fsp3) is 0.636. The first-order valence-corrected chi connectivity index (χ1v) is 5.04. The van der Waals surface area contributed by atoms with E-state index in [4.69, 9.17) is 10.00 Å². The van der Waals surface area contributed by atoms with Crippen LogP contribution in [0.5, 0.6) is 0 Å². The number of nitrogens with zero attached hydrogens (tertiary/aromatic N) is 1. The Hall–Kier alpha value is -1.50. The van der Waals surface area contributed by atoms with E-state index < -0.39 is 5.97 Å². The van der Waals surface area contributed by atoms with Crippen LogP contribution in [0.2, 0.25) is 0 Å². The number of carbonyl (C=O) groups excluding carboxylic acids is 1. The van der Waals surface area contributed by atoms with Crippen LogP contribution in [0.1, 0.15) is 27.7 Å². The van der Waals surface area contributed by atoms with E-state index >= 15 is 0 Å². The van der Waals surface area contributed by atoms with Crippen molar-refractivity contribution in [1.82, 2.24) is 5.32 Å². The number of ether oxygens (including phenoxy) is 1. The van der Waals surface area contributed by atoms with Crippen molar-refractivity contribution in [2.45, 2.75) is 27.7 Å². The van der Waals surface area contributed by atoms with Crippen molar-refractivity contribution in [1.29, 1.82) is 5.26 Å². The van der Waals surface area contributed by atoms with Gasteiger partial charge < -0.3 is 10.1 Å². The SMILES string of the molecule is CCOC(=O)C(C#N)=C(C)NCC(C)C. The first-order valence-electron chi connectivity index (χ1n) is 5.04. The van der Waals surface area contributed by atoms with E-state index in [1.165, 1.54) is 0 Å². The predicted octanol–water partition coefficient (Wildman–Crippen LogP) is 1.59. The Morgan fingerprint density at radius 1 is 1.53 bits per heavy atom. The molecule has 84 valence electrons. The molecule has 0 heterocycles. The van der Waals surface area contributed by atoms with Gasteiger partial charge in [-0.1, -0.05) is 13.8 Å². The molecule has 0 rings (SSSR count). The lowest BCUT2D eigenvalue weighted by Crippen LogP contribution is -2.21. The van der Waals surface area contributed by atoms with E-state index in [-0.39, 0.29) is 12.2 Å². The van der Waals surface area contributed by atoms with Crippen LogP contribution >= 0.6 is 0 Å². The van der Waals surface area contributed by atoms with Gasteiger partial charge in [-0.15, -0.1) is 0 Å². The first kappa shape index (κ1) is 13.5. The summed E-state index contributed by atoms with van der Waals surface area (Å²) in [5, 5.41) is 11.8. The number of nitriles is 1. The Bertz CT molecular complexity index is 287. The largest absolute Gasteiger partial charge is 0.462 e. The molecule has 0 amide bonds. The topological polar surface area (TPSA) is 62.1 Å². The molecule has 0 aliphatic rings. The molecule has 0 unspecified atom stereocenters. The van der Waals surface area contributed by atoms with E-state index in [9.17, 15) is 4.79 Å². The maximum Gasteiger partial charge on any atom is 0.350 e. The number of nitrogens with one attached hydrogen (secondary N) is 1. The van der Waals surface area contributed by atoms with Crippen LogP contribution in [0.3, 0.4) is 0 Å². The molecule has 0 aromatic rings. The molecule has 4 nitrogen and oxygen atoms in total. The molecular formula is C11H18N2O2. The first-order chi connectivity index (χ1) is 7.02. The second kappa shape index (κ2) is 6.88. The maximum atomic E-state index is 11.3. The van der Waals surface area contributed by atoms with E-state index in [0.717, 1.165) is 6.54 Å². The van der Waals surface area contributed by atoms with E-state index in [1.807, 2.05) is 6.07 Å². The standard InChI is InChI=1S/C11H18N2O2/c1-5-15-11(14)10(6-12)9(4)13-7-8(2)3/h8,13H,5,7H2,1-4H3. The van der Waals surface area contributed by atoms with Crippen molar-refractivity contribution in [2.24, 2.45) is 5.92 Å². The fourth-order valence-electron chi connectivity index (χ4n) is 0.931. The molecule has 0 radical (unpaired) electrons. The quantitative estimate of drug-likeness (QED) is 0.425. The Labute approximate surface area is 90.9 Å². The average Bonchev–Trinajstić information content (AvgIpc) is 2.16. The van der Waals surface area contributed by atoms with Crippen LogP contribution in [0, 0.1) is 17.2 Å². The van der Waals surface area contributed by atoms with E-state index in [2.05, 4.69) is 19.2 Å². The zero-order chi connectivity index (χ0) is 11.8. The van der Waals surface area contributed by atoms with Crippen molar-refractivity contribution in [3.05, 3.63) is 11.3 Å². The van der Waals surface area contributed by atoms with Crippen LogP contribution in [0.4, 0.5) is 0 Å². The van der Waals surface area contributed by atoms with Crippen LogP contribution in [0.15, 0.2) is 11.3 Å². The maximum absolute atomic E-state index is 11.3. The Morgan fingerprint density at radius 3 is 2.53 bits per heavy atom. The highest BCUT2D eigenvalue weighted by Gasteiger charge is 2.13. The Morgan fingerprint density at radius 2 is 2.13 bits per heavy atom. The lowest BCUT2D eigenvalue weighted by atomic mass is 10.2. The molecule has 0 saturated heterocycles. The molecule has 0 aromatic heterocycles. The van der Waals surface area contributed by atoms with Crippen LogP contribution in [-0.2, 0) is 9.53 Å². The van der Waals surface area contributed by atoms with Crippen molar-refractivity contribution >= 4 is 5.97 Å². The van der Waals surface area contributed by atoms with Gasteiger partial charge in [-0.2, -0.15) is 5.26 Å². The van der Waals surface area contributed by atoms with Gasteiger partial charge in [0.25, 0.3) is 0 Å². The number of carbonyl (C=O) groups is 1. The summed E-state index contributed by atoms with van der Waals surface area (Å²) in [4.78, 5) is 11.3. The molecule has 0 saturated carbocycles. The molecule has 0 aromatic carbocycles. The van der Waals surface area contributed by atoms with E-state index in [0.29, 0.717) is 11.6 Å². The molecule has 0 atom stereocenters. The van der Waals surface area contributed by atoms with Crippen LogP contribution < -0.4 is 5.32 Å². The summed E-state index contributed by atoms with van der Waals surface area (Å²) in [7, 11) is 0. The minimum Gasteiger partial charge on any atom is -0.462 e. The van der Waals surface area contributed by atoms with Gasteiger partial charge in [0, 0.05) is 12.2 Å². The van der Waals surface area contributed by atoms with Crippen molar-refractivity contribution in [2.75, 3.05) is 13.2 Å². The second-order valence-corrected chi connectivity index (χ2v) is 3.61. The highest BCUT2D eigenvalue weighted by Crippen LogP contribution is 2.03. The summed E-state index contributed by atoms with van der Waals surface area (Å²) in [6.45, 7) is 8.53. The van der Waals surface area contributed by atoms with Gasteiger partial charge in [-0.05, 0) is 19.8 Å². The van der Waals surface area contributed by atoms with Crippen molar-refractivity contribution < 1.29 is 9.53 Å². The number of rotatable bonds is 5. The third kappa shape index (κ3) is 5.06. The number of esters is 1. The third-order valence-corrected chi connectivity index (χ3v) is 1.74. The zero-order valence-electron chi connectivity index (χ0n) is 9.76. The molecular weight excluding hydrogens is 192 g/mol. The molecule has 15 heavy (non-hydrogen) atoms. The van der Waals surface area contributed by atoms with Gasteiger partial charge in [0.05, 0.1) is 6.61 Å². The molecule has 4 heteroatoms. The van der Waals surface area contributed by atoms with Gasteiger partial charge in [0.2, 0.25) is 0 Å². The van der Waals surface area contributed by atoms with E-state index in [1.54, 1.807) is 13.8 Å². The van der Waals surface area contributed by atoms with Crippen molar-refractivity contribution in [3.63, 3.8) is 0 Å². The molecule has 0 aliphatic heterocycles. The van der Waals surface area contributed by atoms with Crippen LogP contribution in [0.25, 0.3) is 0 Å². The fourth-order valence-corrected chi connectivity index (χ4v) is 0.931. The minimum absolute atomic E-state index is 0.0532. The van der Waals surface area contributed by atoms with Crippen molar-refractivity contribution in [3.8, 4) is 6.07 Å². The summed E-state index contributed by atoms with van der Waals surface area (Å²) >= 11 is 0.